The Kier molecular flexibility index (Phi) is 7.31. The van der Waals surface area contributed by atoms with Crippen molar-refractivity contribution in [1.82, 2.24) is 25.5 Å². The molecule has 1 fully saturated rings. The van der Waals surface area contributed by atoms with Gasteiger partial charge in [-0.25, -0.2) is 8.78 Å². The number of anilines is 1. The fourth-order valence-corrected chi connectivity index (χ4v) is 5.24. The van der Waals surface area contributed by atoms with E-state index in [1.54, 1.807) is 6.07 Å². The van der Waals surface area contributed by atoms with Gasteiger partial charge in [0.15, 0.2) is 0 Å². The molecule has 2 aromatic heterocycles. The predicted octanol–water partition coefficient (Wildman–Crippen LogP) is 4.51. The SMILES string of the molecule is O=C(NC1CCCC1)C(c1cccs1)N(C(=O)Cn1nnc(-c2ccc(F)cc2)n1)c1ccc(F)cc1. The molecule has 4 aromatic rings. The Morgan fingerprint density at radius 2 is 1.70 bits per heavy atom. The van der Waals surface area contributed by atoms with Crippen molar-refractivity contribution in [2.75, 3.05) is 4.90 Å². The Balaban J connectivity index is 1.46. The number of hydrogen-bond acceptors (Lipinski definition) is 6. The number of thiophene rings is 1. The Morgan fingerprint density at radius 1 is 1.03 bits per heavy atom. The van der Waals surface area contributed by atoms with E-state index in [1.807, 2.05) is 11.4 Å². The van der Waals surface area contributed by atoms with Crippen molar-refractivity contribution in [2.45, 2.75) is 44.3 Å². The zero-order valence-electron chi connectivity index (χ0n) is 19.8. The van der Waals surface area contributed by atoms with Gasteiger partial charge in [-0.2, -0.15) is 4.80 Å². The van der Waals surface area contributed by atoms with Crippen LogP contribution in [0, 0.1) is 11.6 Å². The minimum Gasteiger partial charge on any atom is -0.351 e. The van der Waals surface area contributed by atoms with E-state index in [2.05, 4.69) is 20.7 Å². The molecule has 2 aromatic carbocycles. The van der Waals surface area contributed by atoms with Crippen molar-refractivity contribution in [1.29, 1.82) is 0 Å². The molecule has 1 atom stereocenters. The van der Waals surface area contributed by atoms with Crippen LogP contribution in [-0.4, -0.2) is 38.1 Å². The highest BCUT2D eigenvalue weighted by Crippen LogP contribution is 2.32. The minimum absolute atomic E-state index is 0.0513. The fraction of sp³-hybridized carbons (Fsp3) is 0.269. The number of nitrogens with one attached hydrogen (secondary N) is 1. The summed E-state index contributed by atoms with van der Waals surface area (Å²) in [5, 5.41) is 17.1. The average molecular weight is 523 g/mol. The van der Waals surface area contributed by atoms with Gasteiger partial charge in [0.25, 0.3) is 5.91 Å². The Morgan fingerprint density at radius 3 is 2.35 bits per heavy atom. The summed E-state index contributed by atoms with van der Waals surface area (Å²) in [4.78, 5) is 30.5. The molecule has 190 valence electrons. The van der Waals surface area contributed by atoms with Crippen LogP contribution in [0.3, 0.4) is 0 Å². The molecule has 0 aliphatic heterocycles. The smallest absolute Gasteiger partial charge is 0.251 e. The maximum Gasteiger partial charge on any atom is 0.251 e. The van der Waals surface area contributed by atoms with E-state index in [-0.39, 0.29) is 24.3 Å². The van der Waals surface area contributed by atoms with Crippen molar-refractivity contribution in [2.24, 2.45) is 0 Å². The summed E-state index contributed by atoms with van der Waals surface area (Å²) in [5.74, 6) is -1.40. The van der Waals surface area contributed by atoms with Gasteiger partial charge < -0.3 is 5.32 Å². The largest absolute Gasteiger partial charge is 0.351 e. The van der Waals surface area contributed by atoms with Crippen LogP contribution < -0.4 is 10.2 Å². The third-order valence-electron chi connectivity index (χ3n) is 6.23. The average Bonchev–Trinajstić information content (AvgIpc) is 3.67. The number of carbonyl (C=O) groups is 2. The van der Waals surface area contributed by atoms with Crippen LogP contribution in [-0.2, 0) is 16.1 Å². The first kappa shape index (κ1) is 24.7. The summed E-state index contributed by atoms with van der Waals surface area (Å²) < 4.78 is 27.0. The van der Waals surface area contributed by atoms with Gasteiger partial charge in [-0.15, -0.1) is 21.5 Å². The molecule has 2 heterocycles. The molecule has 8 nitrogen and oxygen atoms in total. The predicted molar refractivity (Wildman–Crippen MR) is 135 cm³/mol. The second-order valence-corrected chi connectivity index (χ2v) is 9.78. The Hall–Kier alpha value is -3.99. The summed E-state index contributed by atoms with van der Waals surface area (Å²) in [6.45, 7) is -0.315. The molecule has 0 saturated heterocycles. The number of tetrazole rings is 1. The maximum atomic E-state index is 13.8. The summed E-state index contributed by atoms with van der Waals surface area (Å²) in [6, 6.07) is 13.7. The molecule has 1 aliphatic rings. The van der Waals surface area contributed by atoms with Crippen LogP contribution in [0.15, 0.2) is 66.0 Å². The lowest BCUT2D eigenvalue weighted by Crippen LogP contribution is -2.47. The normalized spacial score (nSPS) is 14.4. The molecule has 37 heavy (non-hydrogen) atoms. The summed E-state index contributed by atoms with van der Waals surface area (Å²) in [6.07, 6.45) is 3.87. The third kappa shape index (κ3) is 5.72. The highest BCUT2D eigenvalue weighted by atomic mass is 32.1. The Labute approximate surface area is 215 Å². The molecule has 11 heteroatoms. The molecule has 0 radical (unpaired) electrons. The van der Waals surface area contributed by atoms with Crippen molar-refractivity contribution in [3.63, 3.8) is 0 Å². The molecule has 1 unspecified atom stereocenters. The molecule has 2 amide bonds. The van der Waals surface area contributed by atoms with Crippen LogP contribution in [0.2, 0.25) is 0 Å². The molecule has 1 aliphatic carbocycles. The molecule has 5 rings (SSSR count). The number of benzene rings is 2. The van der Waals surface area contributed by atoms with Crippen molar-refractivity contribution in [3.05, 3.63) is 82.6 Å². The van der Waals surface area contributed by atoms with E-state index < -0.39 is 23.6 Å². The molecular formula is C26H24F2N6O2S. The van der Waals surface area contributed by atoms with Gasteiger partial charge in [0.2, 0.25) is 11.7 Å². The first-order chi connectivity index (χ1) is 18.0. The van der Waals surface area contributed by atoms with Crippen LogP contribution in [0.25, 0.3) is 11.4 Å². The second kappa shape index (κ2) is 11.0. The fourth-order valence-electron chi connectivity index (χ4n) is 4.43. The number of rotatable bonds is 8. The van der Waals surface area contributed by atoms with Gasteiger partial charge in [0.05, 0.1) is 0 Å². The molecule has 0 spiro atoms. The van der Waals surface area contributed by atoms with E-state index in [0.29, 0.717) is 16.1 Å². The number of nitrogens with zero attached hydrogens (tertiary/aromatic N) is 5. The summed E-state index contributed by atoms with van der Waals surface area (Å²) in [7, 11) is 0. The van der Waals surface area contributed by atoms with Gasteiger partial charge in [0.1, 0.15) is 24.2 Å². The van der Waals surface area contributed by atoms with Gasteiger partial charge in [-0.1, -0.05) is 18.9 Å². The first-order valence-corrected chi connectivity index (χ1v) is 12.8. The van der Waals surface area contributed by atoms with Gasteiger partial charge in [-0.3, -0.25) is 14.5 Å². The number of carbonyl (C=O) groups excluding carboxylic acids is 2. The zero-order valence-corrected chi connectivity index (χ0v) is 20.6. The Bertz CT molecular complexity index is 1350. The van der Waals surface area contributed by atoms with E-state index in [0.717, 1.165) is 30.5 Å². The van der Waals surface area contributed by atoms with Crippen molar-refractivity contribution < 1.29 is 18.4 Å². The number of halogens is 2. The van der Waals surface area contributed by atoms with E-state index in [4.69, 9.17) is 0 Å². The number of amides is 2. The zero-order chi connectivity index (χ0) is 25.8. The van der Waals surface area contributed by atoms with Crippen LogP contribution >= 0.6 is 11.3 Å². The summed E-state index contributed by atoms with van der Waals surface area (Å²) in [5.41, 5.74) is 0.910. The molecule has 0 bridgehead atoms. The first-order valence-electron chi connectivity index (χ1n) is 11.9. The highest BCUT2D eigenvalue weighted by Gasteiger charge is 2.35. The second-order valence-electron chi connectivity index (χ2n) is 8.80. The van der Waals surface area contributed by atoms with Crippen LogP contribution in [0.4, 0.5) is 14.5 Å². The number of aromatic nitrogens is 4. The van der Waals surface area contributed by atoms with E-state index in [1.165, 1.54) is 64.8 Å². The summed E-state index contributed by atoms with van der Waals surface area (Å²) >= 11 is 1.36. The van der Waals surface area contributed by atoms with Crippen LogP contribution in [0.1, 0.15) is 36.6 Å². The number of hydrogen-bond donors (Lipinski definition) is 1. The molecule has 1 N–H and O–H groups in total. The molecule has 1 saturated carbocycles. The van der Waals surface area contributed by atoms with Gasteiger partial charge in [-0.05, 0) is 78.0 Å². The monoisotopic (exact) mass is 522 g/mol. The highest BCUT2D eigenvalue weighted by molar-refractivity contribution is 7.10. The third-order valence-corrected chi connectivity index (χ3v) is 7.15. The van der Waals surface area contributed by atoms with Crippen molar-refractivity contribution >= 4 is 28.8 Å². The topological polar surface area (TPSA) is 93.0 Å². The lowest BCUT2D eigenvalue weighted by atomic mass is 10.1. The van der Waals surface area contributed by atoms with Gasteiger partial charge >= 0.3 is 0 Å². The van der Waals surface area contributed by atoms with E-state index in [9.17, 15) is 18.4 Å². The maximum absolute atomic E-state index is 13.8. The molecular weight excluding hydrogens is 498 g/mol. The van der Waals surface area contributed by atoms with Crippen molar-refractivity contribution in [3.8, 4) is 11.4 Å². The van der Waals surface area contributed by atoms with Crippen LogP contribution in [0.5, 0.6) is 0 Å². The lowest BCUT2D eigenvalue weighted by Gasteiger charge is -2.31. The standard InChI is InChI=1S/C26H24F2N6O2S/c27-18-9-7-17(8-10-18)25-30-32-33(31-25)16-23(35)34(21-13-11-19(28)12-14-21)24(22-6-3-15-37-22)26(36)29-20-4-1-2-5-20/h3,6-15,20,24H,1-2,4-5,16H2,(H,29,36). The minimum atomic E-state index is -0.960. The van der Waals surface area contributed by atoms with Gasteiger partial charge in [0, 0.05) is 22.2 Å². The lowest BCUT2D eigenvalue weighted by molar-refractivity contribution is -0.127. The quantitative estimate of drug-likeness (QED) is 0.368. The van der Waals surface area contributed by atoms with E-state index >= 15 is 0 Å².